The minimum Gasteiger partial charge on any atom is -0.450 e. The topological polar surface area (TPSA) is 59.0 Å². The number of hydrogen-bond donors (Lipinski definition) is 1. The summed E-state index contributed by atoms with van der Waals surface area (Å²) in [5.41, 5.74) is 0. The second-order valence-electron chi connectivity index (χ2n) is 2.76. The van der Waals surface area contributed by atoms with Crippen molar-refractivity contribution in [3.05, 3.63) is 0 Å². The van der Waals surface area contributed by atoms with E-state index < -0.39 is 6.16 Å². The Balaban J connectivity index is 2.21. The van der Waals surface area contributed by atoms with Crippen LogP contribution in [0.25, 0.3) is 0 Å². The van der Waals surface area contributed by atoms with Gasteiger partial charge in [-0.2, -0.15) is 0 Å². The van der Waals surface area contributed by atoms with Crippen LogP contribution in [0.4, 0.5) is 4.79 Å². The molecule has 13 heavy (non-hydrogen) atoms. The van der Waals surface area contributed by atoms with Crippen molar-refractivity contribution in [3.8, 4) is 0 Å². The summed E-state index contributed by atoms with van der Waals surface area (Å²) in [6, 6.07) is 0. The molecule has 0 spiro atoms. The van der Waals surface area contributed by atoms with E-state index in [4.69, 9.17) is 21.4 Å². The minimum absolute atomic E-state index is 0.0205. The Hall–Kier alpha value is -0.520. The van der Waals surface area contributed by atoms with E-state index in [9.17, 15) is 4.79 Å². The van der Waals surface area contributed by atoms with Crippen LogP contribution in [0.5, 0.6) is 0 Å². The van der Waals surface area contributed by atoms with Crippen molar-refractivity contribution in [1.82, 2.24) is 4.90 Å². The molecular formula is C7H12ClNO4. The third-order valence-electron chi connectivity index (χ3n) is 1.77. The molecule has 0 aromatic carbocycles. The number of halogens is 1. The highest BCUT2D eigenvalue weighted by Gasteiger charge is 2.20. The number of morpholine rings is 1. The lowest BCUT2D eigenvalue weighted by atomic mass is 10.3. The summed E-state index contributed by atoms with van der Waals surface area (Å²) in [7, 11) is 0. The molecule has 1 saturated heterocycles. The lowest BCUT2D eigenvalue weighted by molar-refractivity contribution is -0.0542. The van der Waals surface area contributed by atoms with Gasteiger partial charge in [0.15, 0.2) is 0 Å². The molecule has 1 rings (SSSR count). The van der Waals surface area contributed by atoms with Crippen LogP contribution < -0.4 is 0 Å². The molecule has 6 heteroatoms. The molecule has 0 amide bonds. The van der Waals surface area contributed by atoms with Gasteiger partial charge < -0.3 is 14.6 Å². The minimum atomic E-state index is -1.26. The molecular weight excluding hydrogens is 198 g/mol. The van der Waals surface area contributed by atoms with Gasteiger partial charge in [-0.05, 0) is 0 Å². The molecule has 1 unspecified atom stereocenters. The monoisotopic (exact) mass is 209 g/mol. The third kappa shape index (κ3) is 3.80. The Labute approximate surface area is 81.2 Å². The van der Waals surface area contributed by atoms with Crippen molar-refractivity contribution < 1.29 is 19.4 Å². The van der Waals surface area contributed by atoms with Gasteiger partial charge in [0.2, 0.25) is 0 Å². The number of ether oxygens (including phenoxy) is 2. The molecule has 1 atom stereocenters. The molecule has 0 bridgehead atoms. The lowest BCUT2D eigenvalue weighted by Gasteiger charge is -2.30. The van der Waals surface area contributed by atoms with E-state index in [-0.39, 0.29) is 12.8 Å². The molecule has 0 radical (unpaired) electrons. The fourth-order valence-electron chi connectivity index (χ4n) is 1.14. The van der Waals surface area contributed by atoms with E-state index in [1.165, 1.54) is 0 Å². The standard InChI is InChI=1S/C7H12ClNO4/c8-3-6-4-9(1-2-12-6)5-13-7(10)11/h6H,1-5H2,(H,10,11). The molecule has 0 aromatic rings. The van der Waals surface area contributed by atoms with Crippen molar-refractivity contribution in [1.29, 1.82) is 0 Å². The molecule has 0 aromatic heterocycles. The van der Waals surface area contributed by atoms with E-state index >= 15 is 0 Å². The molecule has 1 fully saturated rings. The predicted octanol–water partition coefficient (Wildman–Crippen LogP) is 0.578. The average Bonchev–Trinajstić information content (AvgIpc) is 2.15. The Kier molecular flexibility index (Phi) is 4.27. The van der Waals surface area contributed by atoms with Gasteiger partial charge in [0, 0.05) is 19.0 Å². The van der Waals surface area contributed by atoms with E-state index in [1.54, 1.807) is 0 Å². The van der Waals surface area contributed by atoms with Crippen LogP contribution in [0.2, 0.25) is 0 Å². The summed E-state index contributed by atoms with van der Waals surface area (Å²) in [5.74, 6) is 0.420. The molecule has 76 valence electrons. The van der Waals surface area contributed by atoms with E-state index in [0.717, 1.165) is 0 Å². The van der Waals surface area contributed by atoms with Crippen LogP contribution in [0.15, 0.2) is 0 Å². The number of nitrogens with zero attached hydrogens (tertiary/aromatic N) is 1. The Morgan fingerprint density at radius 3 is 3.15 bits per heavy atom. The highest BCUT2D eigenvalue weighted by molar-refractivity contribution is 6.18. The van der Waals surface area contributed by atoms with Crippen LogP contribution >= 0.6 is 11.6 Å². The maximum Gasteiger partial charge on any atom is 0.507 e. The molecule has 1 heterocycles. The fourth-order valence-corrected chi connectivity index (χ4v) is 1.32. The lowest BCUT2D eigenvalue weighted by Crippen LogP contribution is -2.44. The summed E-state index contributed by atoms with van der Waals surface area (Å²) in [6.45, 7) is 1.96. The SMILES string of the molecule is O=C(O)OCN1CCOC(CCl)C1. The van der Waals surface area contributed by atoms with Crippen molar-refractivity contribution in [2.45, 2.75) is 6.10 Å². The molecule has 1 aliphatic heterocycles. The number of hydrogen-bond acceptors (Lipinski definition) is 4. The Morgan fingerprint density at radius 2 is 2.54 bits per heavy atom. The molecule has 5 nitrogen and oxygen atoms in total. The van der Waals surface area contributed by atoms with Crippen LogP contribution in [0, 0.1) is 0 Å². The zero-order chi connectivity index (χ0) is 9.68. The highest BCUT2D eigenvalue weighted by atomic mass is 35.5. The largest absolute Gasteiger partial charge is 0.507 e. The Bertz CT molecular complexity index is 178. The number of rotatable bonds is 3. The normalized spacial score (nSPS) is 24.2. The first-order valence-electron chi connectivity index (χ1n) is 3.98. The van der Waals surface area contributed by atoms with E-state index in [1.807, 2.05) is 4.90 Å². The number of carboxylic acid groups (broad SMARTS) is 1. The van der Waals surface area contributed by atoms with Crippen molar-refractivity contribution in [3.63, 3.8) is 0 Å². The summed E-state index contributed by atoms with van der Waals surface area (Å²) in [4.78, 5) is 11.9. The number of carbonyl (C=O) groups is 1. The van der Waals surface area contributed by atoms with Crippen molar-refractivity contribution in [2.75, 3.05) is 32.3 Å². The predicted molar refractivity (Wildman–Crippen MR) is 46.0 cm³/mol. The first-order valence-corrected chi connectivity index (χ1v) is 4.51. The van der Waals surface area contributed by atoms with Gasteiger partial charge in [-0.25, -0.2) is 4.79 Å². The van der Waals surface area contributed by atoms with Gasteiger partial charge in [-0.3, -0.25) is 4.90 Å². The van der Waals surface area contributed by atoms with Gasteiger partial charge in [0.05, 0.1) is 12.7 Å². The number of alkyl halides is 1. The van der Waals surface area contributed by atoms with Crippen molar-refractivity contribution >= 4 is 17.8 Å². The summed E-state index contributed by atoms with van der Waals surface area (Å²) >= 11 is 5.60. The third-order valence-corrected chi connectivity index (χ3v) is 2.11. The zero-order valence-electron chi connectivity index (χ0n) is 7.11. The molecule has 1 N–H and O–H groups in total. The second-order valence-corrected chi connectivity index (χ2v) is 3.07. The van der Waals surface area contributed by atoms with Gasteiger partial charge in [0.1, 0.15) is 6.73 Å². The first-order chi connectivity index (χ1) is 6.22. The van der Waals surface area contributed by atoms with E-state index in [0.29, 0.717) is 25.6 Å². The maximum absolute atomic E-state index is 10.1. The van der Waals surface area contributed by atoms with Gasteiger partial charge >= 0.3 is 6.16 Å². The molecule has 0 saturated carbocycles. The quantitative estimate of drug-likeness (QED) is 0.544. The van der Waals surface area contributed by atoms with Crippen LogP contribution in [-0.4, -0.2) is 54.6 Å². The first kappa shape index (κ1) is 10.6. The fraction of sp³-hybridized carbons (Fsp3) is 0.857. The van der Waals surface area contributed by atoms with Gasteiger partial charge in [-0.1, -0.05) is 0 Å². The highest BCUT2D eigenvalue weighted by Crippen LogP contribution is 2.06. The average molecular weight is 210 g/mol. The second kappa shape index (κ2) is 5.26. The zero-order valence-corrected chi connectivity index (χ0v) is 7.87. The van der Waals surface area contributed by atoms with Crippen LogP contribution in [-0.2, 0) is 9.47 Å². The van der Waals surface area contributed by atoms with Crippen LogP contribution in [0.3, 0.4) is 0 Å². The van der Waals surface area contributed by atoms with Crippen LogP contribution in [0.1, 0.15) is 0 Å². The Morgan fingerprint density at radius 1 is 1.77 bits per heavy atom. The van der Waals surface area contributed by atoms with E-state index in [2.05, 4.69) is 4.74 Å². The van der Waals surface area contributed by atoms with Gasteiger partial charge in [-0.15, -0.1) is 11.6 Å². The van der Waals surface area contributed by atoms with Crippen molar-refractivity contribution in [2.24, 2.45) is 0 Å². The summed E-state index contributed by atoms with van der Waals surface area (Å²) < 4.78 is 9.71. The van der Waals surface area contributed by atoms with Gasteiger partial charge in [0.25, 0.3) is 0 Å². The summed E-state index contributed by atoms with van der Waals surface area (Å²) in [5, 5.41) is 8.26. The smallest absolute Gasteiger partial charge is 0.450 e. The molecule has 1 aliphatic rings. The molecule has 0 aliphatic carbocycles. The summed E-state index contributed by atoms with van der Waals surface area (Å²) in [6.07, 6.45) is -1.28. The maximum atomic E-state index is 10.1.